The van der Waals surface area contributed by atoms with Crippen molar-refractivity contribution in [2.24, 2.45) is 0 Å². The highest BCUT2D eigenvalue weighted by molar-refractivity contribution is 5.90. The lowest BCUT2D eigenvalue weighted by atomic mass is 10.0. The van der Waals surface area contributed by atoms with Gasteiger partial charge in [-0.25, -0.2) is 4.79 Å². The first-order valence-electron chi connectivity index (χ1n) is 5.52. The fourth-order valence-corrected chi connectivity index (χ4v) is 1.86. The van der Waals surface area contributed by atoms with Gasteiger partial charge in [0.05, 0.1) is 12.6 Å². The zero-order valence-electron chi connectivity index (χ0n) is 10.4. The number of likely N-dealkylation sites (N-methyl/N-ethyl adjacent to an activating group) is 1. The molecular weight excluding hydrogens is 208 g/mol. The van der Waals surface area contributed by atoms with E-state index in [1.54, 1.807) is 11.9 Å². The van der Waals surface area contributed by atoms with Gasteiger partial charge in [-0.2, -0.15) is 0 Å². The van der Waals surface area contributed by atoms with Gasteiger partial charge in [0.15, 0.2) is 0 Å². The van der Waals surface area contributed by atoms with Crippen LogP contribution in [0.15, 0.2) is 0 Å². The van der Waals surface area contributed by atoms with Crippen LogP contribution in [0.25, 0.3) is 0 Å². The molecule has 1 amide bonds. The van der Waals surface area contributed by atoms with Gasteiger partial charge in [0.25, 0.3) is 0 Å². The Morgan fingerprint density at radius 2 is 2.06 bits per heavy atom. The number of esters is 1. The van der Waals surface area contributed by atoms with Gasteiger partial charge in [0, 0.05) is 6.54 Å². The van der Waals surface area contributed by atoms with Crippen molar-refractivity contribution in [1.29, 1.82) is 0 Å². The molecule has 1 fully saturated rings. The monoisotopic (exact) mass is 228 g/mol. The molecule has 1 heterocycles. The molecule has 5 nitrogen and oxygen atoms in total. The summed E-state index contributed by atoms with van der Waals surface area (Å²) in [7, 11) is 3.09. The first kappa shape index (κ1) is 13.0. The number of likely N-dealkylation sites (tertiary alicyclic amines) is 1. The van der Waals surface area contributed by atoms with E-state index in [1.807, 2.05) is 13.8 Å². The maximum absolute atomic E-state index is 12.2. The van der Waals surface area contributed by atoms with Crippen LogP contribution in [0.5, 0.6) is 0 Å². The average molecular weight is 228 g/mol. The summed E-state index contributed by atoms with van der Waals surface area (Å²) in [4.78, 5) is 25.3. The summed E-state index contributed by atoms with van der Waals surface area (Å²) in [5, 5.41) is 2.95. The number of carbonyl (C=O) groups is 2. The van der Waals surface area contributed by atoms with Crippen LogP contribution in [-0.2, 0) is 14.3 Å². The second kappa shape index (κ2) is 4.82. The standard InChI is InChI=1S/C11H20N2O3/c1-11(2,12-3)10(15)13-7-5-6-8(13)9(14)16-4/h8,12H,5-7H2,1-4H3. The van der Waals surface area contributed by atoms with Crippen molar-refractivity contribution in [3.05, 3.63) is 0 Å². The van der Waals surface area contributed by atoms with Crippen molar-refractivity contribution in [3.8, 4) is 0 Å². The van der Waals surface area contributed by atoms with E-state index >= 15 is 0 Å². The molecule has 1 saturated heterocycles. The van der Waals surface area contributed by atoms with Crippen LogP contribution in [0.1, 0.15) is 26.7 Å². The molecular formula is C11H20N2O3. The largest absolute Gasteiger partial charge is 0.467 e. The van der Waals surface area contributed by atoms with Crippen molar-refractivity contribution >= 4 is 11.9 Å². The van der Waals surface area contributed by atoms with E-state index in [4.69, 9.17) is 4.74 Å². The van der Waals surface area contributed by atoms with Crippen LogP contribution in [0.4, 0.5) is 0 Å². The number of rotatable bonds is 3. The van der Waals surface area contributed by atoms with Gasteiger partial charge in [-0.15, -0.1) is 0 Å². The zero-order chi connectivity index (χ0) is 12.3. The molecule has 1 rings (SSSR count). The molecule has 0 aromatic rings. The normalized spacial score (nSPS) is 21.0. The lowest BCUT2D eigenvalue weighted by molar-refractivity contribution is -0.152. The molecule has 1 N–H and O–H groups in total. The lowest BCUT2D eigenvalue weighted by Crippen LogP contribution is -2.55. The third-order valence-corrected chi connectivity index (χ3v) is 3.15. The highest BCUT2D eigenvalue weighted by Gasteiger charge is 2.40. The van der Waals surface area contributed by atoms with Gasteiger partial charge in [0.1, 0.15) is 6.04 Å². The van der Waals surface area contributed by atoms with Gasteiger partial charge in [0.2, 0.25) is 5.91 Å². The molecule has 0 saturated carbocycles. The summed E-state index contributed by atoms with van der Waals surface area (Å²) in [5.74, 6) is -0.374. The minimum absolute atomic E-state index is 0.0529. The predicted molar refractivity (Wildman–Crippen MR) is 59.9 cm³/mol. The van der Waals surface area contributed by atoms with E-state index < -0.39 is 11.6 Å². The molecule has 0 radical (unpaired) electrons. The van der Waals surface area contributed by atoms with Crippen molar-refractivity contribution in [2.75, 3.05) is 20.7 Å². The van der Waals surface area contributed by atoms with Gasteiger partial charge in [-0.3, -0.25) is 4.79 Å². The first-order valence-corrected chi connectivity index (χ1v) is 5.52. The molecule has 1 aliphatic heterocycles. The molecule has 0 aromatic carbocycles. The Labute approximate surface area is 96.1 Å². The van der Waals surface area contributed by atoms with Crippen LogP contribution in [0, 0.1) is 0 Å². The Bertz CT molecular complexity index is 289. The Kier molecular flexibility index (Phi) is 3.91. The number of hydrogen-bond acceptors (Lipinski definition) is 4. The van der Waals surface area contributed by atoms with Crippen molar-refractivity contribution < 1.29 is 14.3 Å². The quantitative estimate of drug-likeness (QED) is 0.698. The van der Waals surface area contributed by atoms with E-state index in [9.17, 15) is 9.59 Å². The van der Waals surface area contributed by atoms with Gasteiger partial charge < -0.3 is 15.0 Å². The minimum atomic E-state index is -0.642. The molecule has 0 aromatic heterocycles. The van der Waals surface area contributed by atoms with Crippen molar-refractivity contribution in [3.63, 3.8) is 0 Å². The Morgan fingerprint density at radius 3 is 2.56 bits per heavy atom. The van der Waals surface area contributed by atoms with E-state index in [-0.39, 0.29) is 11.9 Å². The Hall–Kier alpha value is -1.10. The maximum Gasteiger partial charge on any atom is 0.328 e. The third-order valence-electron chi connectivity index (χ3n) is 3.15. The summed E-state index contributed by atoms with van der Waals surface area (Å²) >= 11 is 0. The molecule has 1 unspecified atom stereocenters. The SMILES string of the molecule is CNC(C)(C)C(=O)N1CCCC1C(=O)OC. The summed E-state index contributed by atoms with van der Waals surface area (Å²) in [5.41, 5.74) is -0.642. The second-order valence-corrected chi connectivity index (χ2v) is 4.55. The van der Waals surface area contributed by atoms with E-state index in [0.29, 0.717) is 13.0 Å². The molecule has 0 aliphatic carbocycles. The highest BCUT2D eigenvalue weighted by atomic mass is 16.5. The first-order chi connectivity index (χ1) is 7.44. The minimum Gasteiger partial charge on any atom is -0.467 e. The fraction of sp³-hybridized carbons (Fsp3) is 0.818. The number of methoxy groups -OCH3 is 1. The smallest absolute Gasteiger partial charge is 0.328 e. The average Bonchev–Trinajstić information content (AvgIpc) is 2.75. The van der Waals surface area contributed by atoms with E-state index in [1.165, 1.54) is 7.11 Å². The predicted octanol–water partition coefficient (Wildman–Crippen LogP) is 0.148. The molecule has 92 valence electrons. The van der Waals surface area contributed by atoms with Gasteiger partial charge in [-0.1, -0.05) is 0 Å². The molecule has 1 atom stereocenters. The number of hydrogen-bond donors (Lipinski definition) is 1. The Morgan fingerprint density at radius 1 is 1.44 bits per heavy atom. The van der Waals surface area contributed by atoms with Gasteiger partial charge in [-0.05, 0) is 33.7 Å². The van der Waals surface area contributed by atoms with E-state index in [2.05, 4.69) is 5.32 Å². The number of carbonyl (C=O) groups excluding carboxylic acids is 2. The molecule has 0 spiro atoms. The highest BCUT2D eigenvalue weighted by Crippen LogP contribution is 2.21. The number of amides is 1. The third kappa shape index (κ3) is 2.35. The Balaban J connectivity index is 2.79. The van der Waals surface area contributed by atoms with Crippen molar-refractivity contribution in [2.45, 2.75) is 38.3 Å². The van der Waals surface area contributed by atoms with Crippen LogP contribution in [0.3, 0.4) is 0 Å². The lowest BCUT2D eigenvalue weighted by Gasteiger charge is -2.31. The van der Waals surface area contributed by atoms with Crippen LogP contribution in [-0.4, -0.2) is 49.1 Å². The summed E-state index contributed by atoms with van der Waals surface area (Å²) in [6.45, 7) is 4.24. The second-order valence-electron chi connectivity index (χ2n) is 4.55. The van der Waals surface area contributed by atoms with Crippen molar-refractivity contribution in [1.82, 2.24) is 10.2 Å². The van der Waals surface area contributed by atoms with Crippen LogP contribution < -0.4 is 5.32 Å². The summed E-state index contributed by atoms with van der Waals surface area (Å²) < 4.78 is 4.71. The fourth-order valence-electron chi connectivity index (χ4n) is 1.86. The summed E-state index contributed by atoms with van der Waals surface area (Å²) in [6.07, 6.45) is 1.55. The van der Waals surface area contributed by atoms with E-state index in [0.717, 1.165) is 6.42 Å². The molecule has 5 heteroatoms. The molecule has 0 bridgehead atoms. The van der Waals surface area contributed by atoms with Gasteiger partial charge >= 0.3 is 5.97 Å². The molecule has 16 heavy (non-hydrogen) atoms. The van der Waals surface area contributed by atoms with Crippen LogP contribution >= 0.6 is 0 Å². The zero-order valence-corrected chi connectivity index (χ0v) is 10.4. The molecule has 1 aliphatic rings. The topological polar surface area (TPSA) is 58.6 Å². The summed E-state index contributed by atoms with van der Waals surface area (Å²) in [6, 6.07) is -0.412. The number of nitrogens with zero attached hydrogens (tertiary/aromatic N) is 1. The number of ether oxygens (including phenoxy) is 1. The van der Waals surface area contributed by atoms with Crippen LogP contribution in [0.2, 0.25) is 0 Å². The maximum atomic E-state index is 12.2. The number of nitrogens with one attached hydrogen (secondary N) is 1.